The minimum atomic E-state index is -0.144. The van der Waals surface area contributed by atoms with Crippen LogP contribution in [0.15, 0.2) is 49.6 Å². The monoisotopic (exact) mass is 256 g/mol. The lowest BCUT2D eigenvalue weighted by Gasteiger charge is -2.30. The average Bonchev–Trinajstić information content (AvgIpc) is 2.46. The van der Waals surface area contributed by atoms with Crippen molar-refractivity contribution in [2.75, 3.05) is 13.1 Å². The Kier molecular flexibility index (Phi) is 4.53. The van der Waals surface area contributed by atoms with Gasteiger partial charge in [0.25, 0.3) is 0 Å². The number of nitrogens with one attached hydrogen (secondary N) is 1. The third-order valence-electron chi connectivity index (χ3n) is 3.39. The van der Waals surface area contributed by atoms with Crippen LogP contribution in [0, 0.1) is 0 Å². The number of rotatable bonds is 5. The van der Waals surface area contributed by atoms with Crippen molar-refractivity contribution in [2.24, 2.45) is 0 Å². The van der Waals surface area contributed by atoms with Crippen LogP contribution in [0.5, 0.6) is 0 Å². The minimum Gasteiger partial charge on any atom is -0.334 e. The molecule has 0 saturated heterocycles. The van der Waals surface area contributed by atoms with Gasteiger partial charge in [0.2, 0.25) is 5.91 Å². The molecular weight excluding hydrogens is 236 g/mol. The second-order valence-corrected chi connectivity index (χ2v) is 4.73. The molecule has 1 aliphatic heterocycles. The van der Waals surface area contributed by atoms with E-state index in [1.165, 1.54) is 11.1 Å². The third kappa shape index (κ3) is 3.12. The molecule has 0 bridgehead atoms. The van der Waals surface area contributed by atoms with Crippen LogP contribution in [0.1, 0.15) is 11.1 Å². The largest absolute Gasteiger partial charge is 0.334 e. The highest BCUT2D eigenvalue weighted by molar-refractivity contribution is 5.83. The van der Waals surface area contributed by atoms with Crippen molar-refractivity contribution in [3.63, 3.8) is 0 Å². The van der Waals surface area contributed by atoms with Crippen LogP contribution in [-0.4, -0.2) is 29.9 Å². The first-order valence-electron chi connectivity index (χ1n) is 6.57. The van der Waals surface area contributed by atoms with Gasteiger partial charge in [-0.05, 0) is 17.5 Å². The number of fused-ring (bicyclic) bond motifs is 1. The number of benzene rings is 1. The number of carbonyl (C=O) groups is 1. The number of amides is 1. The fourth-order valence-electron chi connectivity index (χ4n) is 2.42. The summed E-state index contributed by atoms with van der Waals surface area (Å²) >= 11 is 0. The molecule has 1 amide bonds. The van der Waals surface area contributed by atoms with Gasteiger partial charge in [-0.25, -0.2) is 0 Å². The molecule has 1 aliphatic rings. The van der Waals surface area contributed by atoms with Gasteiger partial charge in [0.15, 0.2) is 0 Å². The quantitative estimate of drug-likeness (QED) is 0.816. The van der Waals surface area contributed by atoms with Gasteiger partial charge < -0.3 is 10.2 Å². The molecule has 1 unspecified atom stereocenters. The molecule has 0 aromatic heterocycles. The smallest absolute Gasteiger partial charge is 0.240 e. The molecule has 1 N–H and O–H groups in total. The van der Waals surface area contributed by atoms with Crippen LogP contribution in [0.25, 0.3) is 0 Å². The predicted octanol–water partition coefficient (Wildman–Crippen LogP) is 1.90. The second-order valence-electron chi connectivity index (χ2n) is 4.73. The maximum Gasteiger partial charge on any atom is 0.240 e. The van der Waals surface area contributed by atoms with E-state index >= 15 is 0 Å². The fraction of sp³-hybridized carbons (Fsp3) is 0.312. The van der Waals surface area contributed by atoms with Gasteiger partial charge in [-0.1, -0.05) is 36.4 Å². The molecule has 3 heteroatoms. The van der Waals surface area contributed by atoms with Crippen LogP contribution >= 0.6 is 0 Å². The highest BCUT2D eigenvalue weighted by Crippen LogP contribution is 2.17. The van der Waals surface area contributed by atoms with E-state index in [0.29, 0.717) is 13.1 Å². The standard InChI is InChI=1S/C16H20N2O/c1-3-9-18(10-4-2)16(19)15-11-13-7-5-6-8-14(13)12-17-15/h3-8,15,17H,1-2,9-12H2. The lowest BCUT2D eigenvalue weighted by atomic mass is 9.95. The SMILES string of the molecule is C=CCN(CC=C)C(=O)C1Cc2ccccc2CN1. The summed E-state index contributed by atoms with van der Waals surface area (Å²) in [5, 5.41) is 3.31. The van der Waals surface area contributed by atoms with Gasteiger partial charge in [0.05, 0.1) is 6.04 Å². The molecule has 19 heavy (non-hydrogen) atoms. The van der Waals surface area contributed by atoms with Crippen LogP contribution in [0.3, 0.4) is 0 Å². The van der Waals surface area contributed by atoms with Gasteiger partial charge >= 0.3 is 0 Å². The first-order chi connectivity index (χ1) is 9.26. The van der Waals surface area contributed by atoms with Crippen molar-refractivity contribution < 1.29 is 4.79 Å². The molecule has 100 valence electrons. The van der Waals surface area contributed by atoms with E-state index in [-0.39, 0.29) is 11.9 Å². The van der Waals surface area contributed by atoms with E-state index < -0.39 is 0 Å². The highest BCUT2D eigenvalue weighted by Gasteiger charge is 2.26. The van der Waals surface area contributed by atoms with Gasteiger partial charge in [0.1, 0.15) is 0 Å². The van der Waals surface area contributed by atoms with Crippen LogP contribution in [0.4, 0.5) is 0 Å². The molecular formula is C16H20N2O. The Morgan fingerprint density at radius 1 is 1.26 bits per heavy atom. The minimum absolute atomic E-state index is 0.120. The van der Waals surface area contributed by atoms with Crippen molar-refractivity contribution in [3.05, 3.63) is 60.7 Å². The molecule has 3 nitrogen and oxygen atoms in total. The Hall–Kier alpha value is -1.87. The number of hydrogen-bond acceptors (Lipinski definition) is 2. The summed E-state index contributed by atoms with van der Waals surface area (Å²) in [5.41, 5.74) is 2.54. The molecule has 0 fully saturated rings. The van der Waals surface area contributed by atoms with E-state index in [9.17, 15) is 4.79 Å². The Morgan fingerprint density at radius 3 is 2.53 bits per heavy atom. The van der Waals surface area contributed by atoms with Crippen LogP contribution in [-0.2, 0) is 17.8 Å². The lowest BCUT2D eigenvalue weighted by Crippen LogP contribution is -2.49. The predicted molar refractivity (Wildman–Crippen MR) is 77.7 cm³/mol. The van der Waals surface area contributed by atoms with Gasteiger partial charge in [-0.2, -0.15) is 0 Å². The van der Waals surface area contributed by atoms with Gasteiger partial charge in [-0.15, -0.1) is 13.2 Å². The first-order valence-corrected chi connectivity index (χ1v) is 6.57. The second kappa shape index (κ2) is 6.34. The summed E-state index contributed by atoms with van der Waals surface area (Å²) in [7, 11) is 0. The molecule has 1 aromatic carbocycles. The zero-order chi connectivity index (χ0) is 13.7. The number of carbonyl (C=O) groups excluding carboxylic acids is 1. The highest BCUT2D eigenvalue weighted by atomic mass is 16.2. The Bertz CT molecular complexity index is 471. The summed E-state index contributed by atoms with van der Waals surface area (Å²) in [6.45, 7) is 9.27. The van der Waals surface area contributed by atoms with Crippen molar-refractivity contribution in [1.29, 1.82) is 0 Å². The molecule has 0 spiro atoms. The zero-order valence-electron chi connectivity index (χ0n) is 11.1. The summed E-state index contributed by atoms with van der Waals surface area (Å²) in [5.74, 6) is 0.120. The van der Waals surface area contributed by atoms with Gasteiger partial charge in [0, 0.05) is 19.6 Å². The number of nitrogens with zero attached hydrogens (tertiary/aromatic N) is 1. The molecule has 1 atom stereocenters. The maximum absolute atomic E-state index is 12.5. The van der Waals surface area contributed by atoms with E-state index in [2.05, 4.69) is 30.6 Å². The van der Waals surface area contributed by atoms with E-state index in [0.717, 1.165) is 13.0 Å². The van der Waals surface area contributed by atoms with Crippen molar-refractivity contribution >= 4 is 5.91 Å². The fourth-order valence-corrected chi connectivity index (χ4v) is 2.42. The Morgan fingerprint density at radius 2 is 1.89 bits per heavy atom. The van der Waals surface area contributed by atoms with Crippen LogP contribution < -0.4 is 5.32 Å². The van der Waals surface area contributed by atoms with E-state index in [4.69, 9.17) is 0 Å². The summed E-state index contributed by atoms with van der Waals surface area (Å²) in [6, 6.07) is 8.12. The molecule has 0 aliphatic carbocycles. The Labute approximate surface area is 114 Å². The molecule has 1 heterocycles. The van der Waals surface area contributed by atoms with E-state index in [1.54, 1.807) is 17.1 Å². The van der Waals surface area contributed by atoms with E-state index in [1.807, 2.05) is 12.1 Å². The van der Waals surface area contributed by atoms with Crippen molar-refractivity contribution in [1.82, 2.24) is 10.2 Å². The van der Waals surface area contributed by atoms with Crippen molar-refractivity contribution in [3.8, 4) is 0 Å². The normalized spacial score (nSPS) is 17.4. The maximum atomic E-state index is 12.5. The molecule has 2 rings (SSSR count). The van der Waals surface area contributed by atoms with Gasteiger partial charge in [-0.3, -0.25) is 4.79 Å². The third-order valence-corrected chi connectivity index (χ3v) is 3.39. The molecule has 0 saturated carbocycles. The number of hydrogen-bond donors (Lipinski definition) is 1. The zero-order valence-corrected chi connectivity index (χ0v) is 11.1. The molecule has 1 aromatic rings. The Balaban J connectivity index is 2.08. The van der Waals surface area contributed by atoms with Crippen molar-refractivity contribution in [2.45, 2.75) is 19.0 Å². The molecule has 0 radical (unpaired) electrons. The lowest BCUT2D eigenvalue weighted by molar-refractivity contribution is -0.132. The first kappa shape index (κ1) is 13.6. The average molecular weight is 256 g/mol. The van der Waals surface area contributed by atoms with Crippen LogP contribution in [0.2, 0.25) is 0 Å². The summed E-state index contributed by atoms with van der Waals surface area (Å²) < 4.78 is 0. The topological polar surface area (TPSA) is 32.3 Å². The summed E-state index contributed by atoms with van der Waals surface area (Å²) in [4.78, 5) is 14.2. The summed E-state index contributed by atoms with van der Waals surface area (Å²) in [6.07, 6.45) is 4.25.